The van der Waals surface area contributed by atoms with E-state index in [-0.39, 0.29) is 5.69 Å². The average Bonchev–Trinajstić information content (AvgIpc) is 2.82. The molecule has 2 aromatic heterocycles. The maximum Gasteiger partial charge on any atom is 0.290 e. The van der Waals surface area contributed by atoms with Crippen LogP contribution in [0.3, 0.4) is 0 Å². The summed E-state index contributed by atoms with van der Waals surface area (Å²) in [5.74, 6) is 0.622. The van der Waals surface area contributed by atoms with E-state index in [9.17, 15) is 10.1 Å². The van der Waals surface area contributed by atoms with Crippen LogP contribution in [0.5, 0.6) is 0 Å². The number of rotatable bonds is 2. The van der Waals surface area contributed by atoms with Gasteiger partial charge in [-0.3, -0.25) is 14.7 Å². The zero-order valence-corrected chi connectivity index (χ0v) is 10.1. The second-order valence-electron chi connectivity index (χ2n) is 4.13. The molecule has 19 heavy (non-hydrogen) atoms. The number of fused-ring (bicyclic) bond motifs is 1. The van der Waals surface area contributed by atoms with E-state index in [1.807, 2.05) is 28.8 Å². The Labute approximate surface area is 108 Å². The van der Waals surface area contributed by atoms with Gasteiger partial charge in [0.15, 0.2) is 0 Å². The second kappa shape index (κ2) is 4.16. The first-order valence-electron chi connectivity index (χ1n) is 5.71. The van der Waals surface area contributed by atoms with Crippen molar-refractivity contribution in [3.8, 4) is 5.82 Å². The van der Waals surface area contributed by atoms with Crippen LogP contribution in [0.2, 0.25) is 0 Å². The molecule has 2 heterocycles. The lowest BCUT2D eigenvalue weighted by atomic mass is 10.3. The first-order valence-corrected chi connectivity index (χ1v) is 5.71. The van der Waals surface area contributed by atoms with Gasteiger partial charge in [0.05, 0.1) is 16.0 Å². The molecule has 0 saturated carbocycles. The molecule has 0 amide bonds. The number of nitro groups is 1. The van der Waals surface area contributed by atoms with E-state index in [0.29, 0.717) is 11.5 Å². The molecule has 0 spiro atoms. The van der Waals surface area contributed by atoms with Crippen LogP contribution in [-0.2, 0) is 0 Å². The number of imidazole rings is 1. The topological polar surface area (TPSA) is 73.8 Å². The van der Waals surface area contributed by atoms with E-state index in [1.54, 1.807) is 19.3 Å². The molecule has 6 heteroatoms. The van der Waals surface area contributed by atoms with Gasteiger partial charge in [-0.1, -0.05) is 12.1 Å². The quantitative estimate of drug-likeness (QED) is 0.520. The summed E-state index contributed by atoms with van der Waals surface area (Å²) in [6.45, 7) is 1.63. The highest BCUT2D eigenvalue weighted by atomic mass is 16.6. The summed E-state index contributed by atoms with van der Waals surface area (Å²) in [7, 11) is 0. The van der Waals surface area contributed by atoms with E-state index >= 15 is 0 Å². The third kappa shape index (κ3) is 1.83. The van der Waals surface area contributed by atoms with Gasteiger partial charge in [-0.15, -0.1) is 0 Å². The fraction of sp³-hybridized carbons (Fsp3) is 0.0769. The van der Waals surface area contributed by atoms with Crippen LogP contribution in [0.25, 0.3) is 16.9 Å². The minimum atomic E-state index is -0.432. The zero-order valence-electron chi connectivity index (χ0n) is 10.1. The van der Waals surface area contributed by atoms with Crippen molar-refractivity contribution < 1.29 is 4.92 Å². The molecule has 0 saturated heterocycles. The predicted octanol–water partition coefficient (Wildman–Crippen LogP) is 2.64. The van der Waals surface area contributed by atoms with E-state index in [1.165, 1.54) is 6.07 Å². The Kier molecular flexibility index (Phi) is 2.49. The minimum Gasteiger partial charge on any atom is -0.283 e. The standard InChI is InChI=1S/C13H10N4O2/c1-9-11(17(18)19)6-7-13(15-9)16-8-14-10-4-2-3-5-12(10)16/h2-8H,1H3. The molecule has 0 aliphatic carbocycles. The number of aryl methyl sites for hydroxylation is 1. The molecule has 0 fully saturated rings. The van der Waals surface area contributed by atoms with Crippen molar-refractivity contribution in [2.45, 2.75) is 6.92 Å². The predicted molar refractivity (Wildman–Crippen MR) is 70.3 cm³/mol. The monoisotopic (exact) mass is 254 g/mol. The molecule has 94 valence electrons. The summed E-state index contributed by atoms with van der Waals surface area (Å²) in [5, 5.41) is 10.8. The molecule has 0 radical (unpaired) electrons. The highest BCUT2D eigenvalue weighted by Gasteiger charge is 2.13. The Morgan fingerprint density at radius 2 is 2.00 bits per heavy atom. The second-order valence-corrected chi connectivity index (χ2v) is 4.13. The summed E-state index contributed by atoms with van der Waals surface area (Å²) in [6, 6.07) is 10.8. The van der Waals surface area contributed by atoms with Crippen molar-refractivity contribution in [3.05, 3.63) is 58.5 Å². The third-order valence-corrected chi connectivity index (χ3v) is 2.94. The van der Waals surface area contributed by atoms with Crippen LogP contribution in [0.1, 0.15) is 5.69 Å². The van der Waals surface area contributed by atoms with Gasteiger partial charge in [0.1, 0.15) is 17.8 Å². The van der Waals surface area contributed by atoms with Gasteiger partial charge in [-0.25, -0.2) is 9.97 Å². The van der Waals surface area contributed by atoms with Gasteiger partial charge in [0.2, 0.25) is 0 Å². The Bertz CT molecular complexity index is 779. The smallest absolute Gasteiger partial charge is 0.283 e. The molecule has 0 atom stereocenters. The molecule has 0 bridgehead atoms. The van der Waals surface area contributed by atoms with Gasteiger partial charge in [0.25, 0.3) is 5.69 Å². The Morgan fingerprint density at radius 3 is 2.74 bits per heavy atom. The molecular formula is C13H10N4O2. The van der Waals surface area contributed by atoms with Crippen molar-refractivity contribution in [2.75, 3.05) is 0 Å². The first kappa shape index (κ1) is 11.3. The molecule has 3 aromatic rings. The van der Waals surface area contributed by atoms with Gasteiger partial charge in [0, 0.05) is 6.07 Å². The average molecular weight is 254 g/mol. The zero-order chi connectivity index (χ0) is 13.4. The Hall–Kier alpha value is -2.76. The van der Waals surface area contributed by atoms with Crippen molar-refractivity contribution in [1.29, 1.82) is 0 Å². The van der Waals surface area contributed by atoms with Crippen LogP contribution in [0.15, 0.2) is 42.7 Å². The number of para-hydroxylation sites is 2. The Morgan fingerprint density at radius 1 is 1.21 bits per heavy atom. The summed E-state index contributed by atoms with van der Waals surface area (Å²) in [6.07, 6.45) is 1.66. The van der Waals surface area contributed by atoms with E-state index < -0.39 is 4.92 Å². The number of benzene rings is 1. The lowest BCUT2D eigenvalue weighted by molar-refractivity contribution is -0.385. The van der Waals surface area contributed by atoms with Gasteiger partial charge < -0.3 is 0 Å². The molecular weight excluding hydrogens is 244 g/mol. The van der Waals surface area contributed by atoms with Crippen molar-refractivity contribution in [1.82, 2.24) is 14.5 Å². The minimum absolute atomic E-state index is 0.0215. The van der Waals surface area contributed by atoms with Gasteiger partial charge in [-0.2, -0.15) is 0 Å². The van der Waals surface area contributed by atoms with E-state index in [2.05, 4.69) is 9.97 Å². The van der Waals surface area contributed by atoms with Crippen LogP contribution >= 0.6 is 0 Å². The number of nitrogens with zero attached hydrogens (tertiary/aromatic N) is 4. The molecule has 3 rings (SSSR count). The van der Waals surface area contributed by atoms with E-state index in [0.717, 1.165) is 11.0 Å². The van der Waals surface area contributed by atoms with Crippen molar-refractivity contribution >= 4 is 16.7 Å². The maximum atomic E-state index is 10.8. The molecule has 0 aliphatic rings. The van der Waals surface area contributed by atoms with Crippen LogP contribution in [0.4, 0.5) is 5.69 Å². The SMILES string of the molecule is Cc1nc(-n2cnc3ccccc32)ccc1[N+](=O)[O-]. The largest absolute Gasteiger partial charge is 0.290 e. The summed E-state index contributed by atoms with van der Waals surface area (Å²) in [5.41, 5.74) is 2.19. The highest BCUT2D eigenvalue weighted by molar-refractivity contribution is 5.76. The molecule has 0 unspecified atom stereocenters. The number of aromatic nitrogens is 3. The fourth-order valence-corrected chi connectivity index (χ4v) is 2.01. The van der Waals surface area contributed by atoms with Gasteiger partial charge >= 0.3 is 0 Å². The van der Waals surface area contributed by atoms with E-state index in [4.69, 9.17) is 0 Å². The van der Waals surface area contributed by atoms with Gasteiger partial charge in [-0.05, 0) is 25.1 Å². The molecule has 6 nitrogen and oxygen atoms in total. The normalized spacial score (nSPS) is 10.8. The molecule has 0 N–H and O–H groups in total. The lowest BCUT2D eigenvalue weighted by Crippen LogP contribution is -2.00. The summed E-state index contributed by atoms with van der Waals surface area (Å²) < 4.78 is 1.81. The van der Waals surface area contributed by atoms with Crippen molar-refractivity contribution in [3.63, 3.8) is 0 Å². The third-order valence-electron chi connectivity index (χ3n) is 2.94. The van der Waals surface area contributed by atoms with Crippen molar-refractivity contribution in [2.24, 2.45) is 0 Å². The number of hydrogen-bond donors (Lipinski definition) is 0. The molecule has 1 aromatic carbocycles. The van der Waals surface area contributed by atoms with Crippen LogP contribution in [-0.4, -0.2) is 19.5 Å². The summed E-state index contributed by atoms with van der Waals surface area (Å²) >= 11 is 0. The lowest BCUT2D eigenvalue weighted by Gasteiger charge is -2.04. The summed E-state index contributed by atoms with van der Waals surface area (Å²) in [4.78, 5) is 18.9. The number of hydrogen-bond acceptors (Lipinski definition) is 4. The highest BCUT2D eigenvalue weighted by Crippen LogP contribution is 2.20. The first-order chi connectivity index (χ1) is 9.16. The number of pyridine rings is 1. The Balaban J connectivity index is 2.17. The fourth-order valence-electron chi connectivity index (χ4n) is 2.01. The molecule has 0 aliphatic heterocycles. The maximum absolute atomic E-state index is 10.8. The van der Waals surface area contributed by atoms with Crippen LogP contribution in [0, 0.1) is 17.0 Å². The van der Waals surface area contributed by atoms with Crippen LogP contribution < -0.4 is 0 Å².